The van der Waals surface area contributed by atoms with E-state index >= 15 is 0 Å². The van der Waals surface area contributed by atoms with E-state index in [0.29, 0.717) is 0 Å². The number of hydrogen-bond acceptors (Lipinski definition) is 5. The molecule has 1 atom stereocenters. The number of halogens is 4. The van der Waals surface area contributed by atoms with Gasteiger partial charge in [0.05, 0.1) is 11.6 Å². The maximum Gasteiger partial charge on any atom is 0.433 e. The highest BCUT2D eigenvalue weighted by molar-refractivity contribution is 7.74. The van der Waals surface area contributed by atoms with E-state index in [-0.39, 0.29) is 35.8 Å². The molecule has 1 heterocycles. The van der Waals surface area contributed by atoms with Gasteiger partial charge >= 0.3 is 6.18 Å². The third-order valence-electron chi connectivity index (χ3n) is 5.64. The third-order valence-corrected chi connectivity index (χ3v) is 6.34. The molecule has 3 rings (SSSR count). The molecule has 7 nitrogen and oxygen atoms in total. The second-order valence-corrected chi connectivity index (χ2v) is 9.42. The Hall–Kier alpha value is -3.67. The summed E-state index contributed by atoms with van der Waals surface area (Å²) in [5.41, 5.74) is 0.957. The molecule has 0 spiro atoms. The molecule has 3 aromatic rings. The van der Waals surface area contributed by atoms with Crippen LogP contribution in [0.2, 0.25) is 0 Å². The minimum Gasteiger partial charge on any atom is -0.473 e. The number of pyridine rings is 1. The van der Waals surface area contributed by atoms with Crippen LogP contribution in [0, 0.1) is 12.7 Å². The Bertz CT molecular complexity index is 1340. The van der Waals surface area contributed by atoms with Gasteiger partial charge in [0.1, 0.15) is 18.1 Å². The zero-order valence-electron chi connectivity index (χ0n) is 20.2. The number of ether oxygens (including phenoxy) is 1. The van der Waals surface area contributed by atoms with Gasteiger partial charge in [0.15, 0.2) is 0 Å². The number of rotatable bonds is 9. The first kappa shape index (κ1) is 27.9. The lowest BCUT2D eigenvalue weighted by Crippen LogP contribution is -2.28. The van der Waals surface area contributed by atoms with E-state index in [1.54, 1.807) is 12.1 Å². The number of hydrogen-bond donors (Lipinski definition) is 2. The number of anilines is 1. The number of carbonyl (C=O) groups excluding carboxylic acids is 1. The topological polar surface area (TPSA) is 88.6 Å². The molecule has 0 saturated heterocycles. The highest BCUT2D eigenvalue weighted by atomic mass is 32.2. The molecular formula is C25H25F4N3O4S. The molecule has 0 bridgehead atoms. The smallest absolute Gasteiger partial charge is 0.433 e. The number of alkyl halides is 3. The van der Waals surface area contributed by atoms with Gasteiger partial charge in [-0.15, -0.1) is 0 Å². The standard InChI is InChI=1S/C25H25F4N3O4S/c1-15-4-6-17(7-5-15)14-36-24-19(9-11-22(31-24)25(27,28)29)13-30-23(33)16(2)18-8-10-21(20(26)12-18)32(3)37(34)35/h4-12,16,37H,13-14H2,1-3H3,(H,30,33). The van der Waals surface area contributed by atoms with Crippen LogP contribution in [-0.4, -0.2) is 26.4 Å². The van der Waals surface area contributed by atoms with Crippen molar-refractivity contribution >= 4 is 22.5 Å². The molecule has 0 aliphatic rings. The fourth-order valence-electron chi connectivity index (χ4n) is 3.35. The Morgan fingerprint density at radius 3 is 2.38 bits per heavy atom. The lowest BCUT2D eigenvalue weighted by atomic mass is 9.99. The van der Waals surface area contributed by atoms with Crippen LogP contribution in [0.25, 0.3) is 0 Å². The normalized spacial score (nSPS) is 12.3. The number of amides is 1. The highest BCUT2D eigenvalue weighted by Crippen LogP contribution is 2.31. The van der Waals surface area contributed by atoms with E-state index in [0.717, 1.165) is 27.6 Å². The maximum atomic E-state index is 14.4. The second-order valence-electron chi connectivity index (χ2n) is 8.34. The van der Waals surface area contributed by atoms with Gasteiger partial charge in [0, 0.05) is 19.2 Å². The number of nitrogens with zero attached hydrogens (tertiary/aromatic N) is 2. The van der Waals surface area contributed by atoms with Crippen molar-refractivity contribution in [2.24, 2.45) is 0 Å². The van der Waals surface area contributed by atoms with E-state index < -0.39 is 40.4 Å². The molecule has 1 unspecified atom stereocenters. The maximum absolute atomic E-state index is 14.4. The van der Waals surface area contributed by atoms with E-state index in [1.807, 2.05) is 19.1 Å². The number of benzene rings is 2. The molecule has 1 amide bonds. The Labute approximate surface area is 213 Å². The Kier molecular flexibility index (Phi) is 8.74. The van der Waals surface area contributed by atoms with E-state index in [1.165, 1.54) is 32.2 Å². The minimum absolute atomic E-state index is 0.0269. The zero-order valence-corrected chi connectivity index (χ0v) is 21.1. The molecule has 0 aliphatic carbocycles. The number of carbonyl (C=O) groups is 1. The average molecular weight is 540 g/mol. The summed E-state index contributed by atoms with van der Waals surface area (Å²) in [5.74, 6) is -2.46. The van der Waals surface area contributed by atoms with Gasteiger partial charge in [-0.3, -0.25) is 9.10 Å². The molecular weight excluding hydrogens is 514 g/mol. The van der Waals surface area contributed by atoms with Crippen LogP contribution in [0.3, 0.4) is 0 Å². The fourth-order valence-corrected chi connectivity index (χ4v) is 3.69. The van der Waals surface area contributed by atoms with Crippen LogP contribution in [0.4, 0.5) is 23.2 Å². The Balaban J connectivity index is 1.75. The summed E-state index contributed by atoms with van der Waals surface area (Å²) < 4.78 is 82.6. The number of thiol groups is 1. The first-order valence-corrected chi connectivity index (χ1v) is 12.2. The Morgan fingerprint density at radius 2 is 1.78 bits per heavy atom. The van der Waals surface area contributed by atoms with Crippen molar-refractivity contribution in [1.29, 1.82) is 0 Å². The van der Waals surface area contributed by atoms with Crippen molar-refractivity contribution in [3.8, 4) is 5.88 Å². The first-order chi connectivity index (χ1) is 17.4. The molecule has 1 aromatic heterocycles. The van der Waals surface area contributed by atoms with Gasteiger partial charge in [-0.2, -0.15) is 13.2 Å². The monoisotopic (exact) mass is 539 g/mol. The van der Waals surface area contributed by atoms with Crippen LogP contribution in [0.1, 0.15) is 40.8 Å². The van der Waals surface area contributed by atoms with Crippen molar-refractivity contribution < 1.29 is 35.5 Å². The van der Waals surface area contributed by atoms with Crippen molar-refractivity contribution in [2.75, 3.05) is 11.4 Å². The molecule has 198 valence electrons. The van der Waals surface area contributed by atoms with Gasteiger partial charge in [-0.25, -0.2) is 17.8 Å². The van der Waals surface area contributed by atoms with Gasteiger partial charge in [0.25, 0.3) is 0 Å². The van der Waals surface area contributed by atoms with Crippen LogP contribution < -0.4 is 14.4 Å². The summed E-state index contributed by atoms with van der Waals surface area (Å²) in [7, 11) is -1.84. The molecule has 0 saturated carbocycles. The van der Waals surface area contributed by atoms with Crippen LogP contribution in [0.15, 0.2) is 54.6 Å². The molecule has 12 heteroatoms. The number of nitrogens with one attached hydrogen (secondary N) is 1. The number of aryl methyl sites for hydroxylation is 1. The quantitative estimate of drug-likeness (QED) is 0.309. The van der Waals surface area contributed by atoms with Gasteiger partial charge in [-0.05, 0) is 49.2 Å². The van der Waals surface area contributed by atoms with Gasteiger partial charge < -0.3 is 10.1 Å². The van der Waals surface area contributed by atoms with Gasteiger partial charge in [-0.1, -0.05) is 35.9 Å². The summed E-state index contributed by atoms with van der Waals surface area (Å²) in [5, 5.41) is 2.61. The Morgan fingerprint density at radius 1 is 1.11 bits per heavy atom. The summed E-state index contributed by atoms with van der Waals surface area (Å²) >= 11 is 0. The minimum atomic E-state index is -4.68. The van der Waals surface area contributed by atoms with Crippen molar-refractivity contribution in [2.45, 2.75) is 39.1 Å². The summed E-state index contributed by atoms with van der Waals surface area (Å²) in [6.45, 7) is 3.21. The largest absolute Gasteiger partial charge is 0.473 e. The fraction of sp³-hybridized carbons (Fsp3) is 0.280. The predicted molar refractivity (Wildman–Crippen MR) is 130 cm³/mol. The van der Waals surface area contributed by atoms with Crippen LogP contribution >= 0.6 is 0 Å². The van der Waals surface area contributed by atoms with Crippen LogP contribution in [0.5, 0.6) is 5.88 Å². The highest BCUT2D eigenvalue weighted by Gasteiger charge is 2.33. The summed E-state index contributed by atoms with van der Waals surface area (Å²) in [6.07, 6.45) is -4.68. The molecule has 0 fully saturated rings. The lowest BCUT2D eigenvalue weighted by molar-refractivity contribution is -0.141. The lowest BCUT2D eigenvalue weighted by Gasteiger charge is -2.17. The first-order valence-electron chi connectivity index (χ1n) is 11.1. The van der Waals surface area contributed by atoms with E-state index in [4.69, 9.17) is 4.74 Å². The molecule has 0 radical (unpaired) electrons. The van der Waals surface area contributed by atoms with Crippen molar-refractivity contribution in [3.05, 3.63) is 88.4 Å². The molecule has 37 heavy (non-hydrogen) atoms. The van der Waals surface area contributed by atoms with Gasteiger partial charge in [0.2, 0.25) is 22.7 Å². The molecule has 0 aliphatic heterocycles. The van der Waals surface area contributed by atoms with Crippen LogP contribution in [-0.2, 0) is 35.0 Å². The molecule has 1 N–H and O–H groups in total. The summed E-state index contributed by atoms with van der Waals surface area (Å²) in [6, 6.07) is 13.0. The third kappa shape index (κ3) is 7.19. The SMILES string of the molecule is Cc1ccc(COc2nc(C(F)(F)F)ccc2CNC(=O)C(C)c2ccc(N(C)[SH](=O)=O)c(F)c2)cc1. The predicted octanol–water partition coefficient (Wildman–Crippen LogP) is 4.51. The van der Waals surface area contributed by atoms with E-state index in [2.05, 4.69) is 10.3 Å². The van der Waals surface area contributed by atoms with Crippen molar-refractivity contribution in [3.63, 3.8) is 0 Å². The zero-order chi connectivity index (χ0) is 27.3. The van der Waals surface area contributed by atoms with Crippen molar-refractivity contribution in [1.82, 2.24) is 10.3 Å². The van der Waals surface area contributed by atoms with E-state index in [9.17, 15) is 30.8 Å². The average Bonchev–Trinajstić information content (AvgIpc) is 2.85. The second kappa shape index (κ2) is 11.6. The summed E-state index contributed by atoms with van der Waals surface area (Å²) in [4.78, 5) is 16.3. The molecule has 2 aromatic carbocycles. The number of aromatic nitrogens is 1.